The van der Waals surface area contributed by atoms with Gasteiger partial charge < -0.3 is 5.32 Å². The third kappa shape index (κ3) is 4.55. The predicted octanol–water partition coefficient (Wildman–Crippen LogP) is 3.84. The quantitative estimate of drug-likeness (QED) is 0.801. The third-order valence-electron chi connectivity index (χ3n) is 5.48. The van der Waals surface area contributed by atoms with Crippen molar-refractivity contribution in [2.24, 2.45) is 0 Å². The van der Waals surface area contributed by atoms with Crippen LogP contribution in [0.1, 0.15) is 59.3 Å². The Bertz CT molecular complexity index is 952. The number of fused-ring (bicyclic) bond motifs is 1. The van der Waals surface area contributed by atoms with Gasteiger partial charge in [0.2, 0.25) is 10.0 Å². The van der Waals surface area contributed by atoms with Gasteiger partial charge in [-0.3, -0.25) is 9.10 Å². The molecule has 3 rings (SSSR count). The molecular formula is C22H28N2O3S. The summed E-state index contributed by atoms with van der Waals surface area (Å²) in [4.78, 5) is 12.7. The lowest BCUT2D eigenvalue weighted by Gasteiger charge is -2.22. The van der Waals surface area contributed by atoms with Crippen LogP contribution in [0.2, 0.25) is 0 Å². The minimum Gasteiger partial charge on any atom is -0.345 e. The van der Waals surface area contributed by atoms with Gasteiger partial charge in [-0.25, -0.2) is 8.42 Å². The van der Waals surface area contributed by atoms with Gasteiger partial charge in [0.05, 0.1) is 18.0 Å². The van der Waals surface area contributed by atoms with E-state index in [-0.39, 0.29) is 11.9 Å². The van der Waals surface area contributed by atoms with Crippen LogP contribution in [0.5, 0.6) is 0 Å². The molecule has 0 saturated heterocycles. The van der Waals surface area contributed by atoms with Gasteiger partial charge in [-0.1, -0.05) is 25.1 Å². The molecule has 1 N–H and O–H groups in total. The SMILES string of the molecule is CC[C@H](NC(=O)c1ccc(N(C)S(C)(=O)=O)cc1)c1ccc2c(c1)CCCC2. The topological polar surface area (TPSA) is 66.5 Å². The summed E-state index contributed by atoms with van der Waals surface area (Å²) in [6.45, 7) is 2.06. The zero-order valence-corrected chi connectivity index (χ0v) is 17.6. The molecule has 2 aromatic carbocycles. The number of nitrogens with one attached hydrogen (secondary N) is 1. The first-order valence-corrected chi connectivity index (χ1v) is 11.6. The fourth-order valence-corrected chi connectivity index (χ4v) is 4.15. The maximum absolute atomic E-state index is 12.7. The first-order valence-electron chi connectivity index (χ1n) is 9.76. The summed E-state index contributed by atoms with van der Waals surface area (Å²) in [7, 11) is -1.83. The molecule has 0 heterocycles. The molecule has 1 amide bonds. The molecule has 1 aliphatic rings. The Labute approximate surface area is 167 Å². The number of benzene rings is 2. The molecule has 150 valence electrons. The molecule has 0 radical (unpaired) electrons. The number of aryl methyl sites for hydroxylation is 2. The van der Waals surface area contributed by atoms with Crippen molar-refractivity contribution in [3.63, 3.8) is 0 Å². The van der Waals surface area contributed by atoms with Crippen LogP contribution in [-0.2, 0) is 22.9 Å². The summed E-state index contributed by atoms with van der Waals surface area (Å²) >= 11 is 0. The molecule has 6 heteroatoms. The van der Waals surface area contributed by atoms with Crippen LogP contribution in [0.3, 0.4) is 0 Å². The minimum absolute atomic E-state index is 0.0434. The van der Waals surface area contributed by atoms with E-state index in [2.05, 4.69) is 30.4 Å². The van der Waals surface area contributed by atoms with Crippen molar-refractivity contribution in [3.05, 3.63) is 64.7 Å². The Morgan fingerprint density at radius 2 is 1.71 bits per heavy atom. The third-order valence-corrected chi connectivity index (χ3v) is 6.68. The standard InChI is InChI=1S/C22H28N2O3S/c1-4-21(19-10-9-16-7-5-6-8-18(16)15-19)23-22(25)17-11-13-20(14-12-17)24(2)28(3,26)27/h9-15,21H,4-8H2,1-3H3,(H,23,25)/t21-/m0/s1. The molecular weight excluding hydrogens is 372 g/mol. The van der Waals surface area contributed by atoms with Crippen molar-refractivity contribution >= 4 is 21.6 Å². The Morgan fingerprint density at radius 1 is 1.07 bits per heavy atom. The highest BCUT2D eigenvalue weighted by atomic mass is 32.2. The lowest BCUT2D eigenvalue weighted by molar-refractivity contribution is 0.0935. The summed E-state index contributed by atoms with van der Waals surface area (Å²) in [6.07, 6.45) is 6.70. The van der Waals surface area contributed by atoms with Crippen molar-refractivity contribution in [1.29, 1.82) is 0 Å². The van der Waals surface area contributed by atoms with Gasteiger partial charge in [0.15, 0.2) is 0 Å². The fourth-order valence-electron chi connectivity index (χ4n) is 3.65. The lowest BCUT2D eigenvalue weighted by atomic mass is 9.88. The highest BCUT2D eigenvalue weighted by molar-refractivity contribution is 7.92. The number of sulfonamides is 1. The van der Waals surface area contributed by atoms with E-state index in [4.69, 9.17) is 0 Å². The summed E-state index contributed by atoms with van der Waals surface area (Å²) in [5, 5.41) is 3.11. The molecule has 0 spiro atoms. The van der Waals surface area contributed by atoms with Gasteiger partial charge in [-0.2, -0.15) is 0 Å². The van der Waals surface area contributed by atoms with Crippen LogP contribution >= 0.6 is 0 Å². The van der Waals surface area contributed by atoms with Gasteiger partial charge in [-0.15, -0.1) is 0 Å². The molecule has 1 aliphatic carbocycles. The van der Waals surface area contributed by atoms with E-state index in [0.717, 1.165) is 31.1 Å². The first-order chi connectivity index (χ1) is 13.3. The molecule has 0 fully saturated rings. The number of amides is 1. The highest BCUT2D eigenvalue weighted by Crippen LogP contribution is 2.26. The zero-order valence-electron chi connectivity index (χ0n) is 16.7. The number of anilines is 1. The van der Waals surface area contributed by atoms with Crippen molar-refractivity contribution in [2.45, 2.75) is 45.1 Å². The van der Waals surface area contributed by atoms with Gasteiger partial charge in [0.1, 0.15) is 0 Å². The summed E-state index contributed by atoms with van der Waals surface area (Å²) < 4.78 is 24.5. The Hall–Kier alpha value is -2.34. The largest absolute Gasteiger partial charge is 0.345 e. The summed E-state index contributed by atoms with van der Waals surface area (Å²) in [5.74, 6) is -0.155. The second-order valence-electron chi connectivity index (χ2n) is 7.45. The van der Waals surface area contributed by atoms with Crippen LogP contribution < -0.4 is 9.62 Å². The van der Waals surface area contributed by atoms with E-state index in [0.29, 0.717) is 11.3 Å². The van der Waals surface area contributed by atoms with E-state index in [1.54, 1.807) is 24.3 Å². The Balaban J connectivity index is 1.74. The van der Waals surface area contributed by atoms with E-state index >= 15 is 0 Å². The van der Waals surface area contributed by atoms with Crippen molar-refractivity contribution in [2.75, 3.05) is 17.6 Å². The molecule has 0 bridgehead atoms. The number of carbonyl (C=O) groups is 1. The zero-order chi connectivity index (χ0) is 20.3. The van der Waals surface area contributed by atoms with E-state index in [1.165, 1.54) is 35.3 Å². The van der Waals surface area contributed by atoms with Crippen LogP contribution in [0.25, 0.3) is 0 Å². The van der Waals surface area contributed by atoms with Crippen LogP contribution in [0.4, 0.5) is 5.69 Å². The molecule has 28 heavy (non-hydrogen) atoms. The average Bonchev–Trinajstić information content (AvgIpc) is 2.70. The molecule has 0 saturated carbocycles. The van der Waals surface area contributed by atoms with Gasteiger partial charge in [-0.05, 0) is 73.1 Å². The highest BCUT2D eigenvalue weighted by Gasteiger charge is 2.18. The van der Waals surface area contributed by atoms with Crippen molar-refractivity contribution in [3.8, 4) is 0 Å². The molecule has 0 aromatic heterocycles. The Kier molecular flexibility index (Phi) is 6.08. The summed E-state index contributed by atoms with van der Waals surface area (Å²) in [6, 6.07) is 13.1. The monoisotopic (exact) mass is 400 g/mol. The van der Waals surface area contributed by atoms with Crippen molar-refractivity contribution < 1.29 is 13.2 Å². The number of nitrogens with zero attached hydrogens (tertiary/aromatic N) is 1. The van der Waals surface area contributed by atoms with E-state index < -0.39 is 10.0 Å². The Morgan fingerprint density at radius 3 is 2.32 bits per heavy atom. The van der Waals surface area contributed by atoms with Gasteiger partial charge >= 0.3 is 0 Å². The average molecular weight is 401 g/mol. The fraction of sp³-hybridized carbons (Fsp3) is 0.409. The smallest absolute Gasteiger partial charge is 0.251 e. The normalized spacial score (nSPS) is 14.8. The molecule has 2 aromatic rings. The maximum Gasteiger partial charge on any atom is 0.251 e. The molecule has 5 nitrogen and oxygen atoms in total. The van der Waals surface area contributed by atoms with E-state index in [1.807, 2.05) is 0 Å². The van der Waals surface area contributed by atoms with Crippen LogP contribution in [0.15, 0.2) is 42.5 Å². The van der Waals surface area contributed by atoms with Gasteiger partial charge in [0, 0.05) is 12.6 Å². The second kappa shape index (κ2) is 8.35. The second-order valence-corrected chi connectivity index (χ2v) is 9.46. The molecule has 0 unspecified atom stereocenters. The number of hydrogen-bond acceptors (Lipinski definition) is 3. The lowest BCUT2D eigenvalue weighted by Crippen LogP contribution is -2.28. The molecule has 1 atom stereocenters. The predicted molar refractivity (Wildman–Crippen MR) is 113 cm³/mol. The molecule has 0 aliphatic heterocycles. The first kappa shape index (κ1) is 20.4. The number of rotatable bonds is 6. The summed E-state index contributed by atoms with van der Waals surface area (Å²) in [5.41, 5.74) is 5.03. The van der Waals surface area contributed by atoms with Crippen molar-refractivity contribution in [1.82, 2.24) is 5.32 Å². The minimum atomic E-state index is -3.32. The maximum atomic E-state index is 12.7. The van der Waals surface area contributed by atoms with Crippen LogP contribution in [0, 0.1) is 0 Å². The number of carbonyl (C=O) groups excluding carboxylic acids is 1. The van der Waals surface area contributed by atoms with E-state index in [9.17, 15) is 13.2 Å². The van der Waals surface area contributed by atoms with Crippen LogP contribution in [-0.4, -0.2) is 27.6 Å². The van der Waals surface area contributed by atoms with Gasteiger partial charge in [0.25, 0.3) is 5.91 Å². The number of hydrogen-bond donors (Lipinski definition) is 1.